The summed E-state index contributed by atoms with van der Waals surface area (Å²) in [5.41, 5.74) is 0. The molecule has 0 bridgehead atoms. The molecule has 0 unspecified atom stereocenters. The third-order valence-corrected chi connectivity index (χ3v) is 0. The van der Waals surface area contributed by atoms with Crippen LogP contribution in [0.2, 0.25) is 0 Å². The van der Waals surface area contributed by atoms with Crippen LogP contribution in [0, 0.1) is 0 Å². The summed E-state index contributed by atoms with van der Waals surface area (Å²) in [5.74, 6) is 0. The van der Waals surface area contributed by atoms with Gasteiger partial charge in [0.2, 0.25) is 0 Å². The molecule has 0 amide bonds. The van der Waals surface area contributed by atoms with Gasteiger partial charge in [0.05, 0.1) is 0 Å². The molecule has 80 valence electrons. The van der Waals surface area contributed by atoms with Crippen molar-refractivity contribution in [1.82, 2.24) is 0 Å². The van der Waals surface area contributed by atoms with Crippen LogP contribution in [0.3, 0.4) is 0 Å². The van der Waals surface area contributed by atoms with E-state index in [2.05, 4.69) is 0 Å². The third kappa shape index (κ3) is 166. The normalized spacial score (nSPS) is 0. The van der Waals surface area contributed by atoms with Gasteiger partial charge in [-0.05, 0) is 0 Å². The molecule has 0 aliphatic carbocycles. The molecule has 12 heteroatoms. The van der Waals surface area contributed by atoms with Crippen molar-refractivity contribution in [2.45, 2.75) is 0 Å². The smallest absolute Gasteiger partial charge is 0 e. The topological polar surface area (TPSA) is 158 Å². The first-order valence-corrected chi connectivity index (χ1v) is 0. The Labute approximate surface area is 149 Å². The van der Waals surface area contributed by atoms with E-state index in [0.717, 1.165) is 0 Å². The van der Waals surface area contributed by atoms with Gasteiger partial charge < -0.3 is 27.4 Å². The quantitative estimate of drug-likeness (QED) is 0.384. The Morgan fingerprint density at radius 1 is 0.333 bits per heavy atom. The van der Waals surface area contributed by atoms with Gasteiger partial charge in [-0.2, -0.15) is 0 Å². The molecule has 12 heavy (non-hydrogen) atoms. The van der Waals surface area contributed by atoms with E-state index in [-0.39, 0.29) is 151 Å². The van der Waals surface area contributed by atoms with Crippen molar-refractivity contribution in [3.63, 3.8) is 0 Å². The molecule has 0 fully saturated rings. The average Bonchev–Trinajstić information content (AvgIpc) is 0. The van der Waals surface area contributed by atoms with Crippen molar-refractivity contribution in [1.29, 1.82) is 0 Å². The third-order valence-electron chi connectivity index (χ3n) is 0. The first-order chi connectivity index (χ1) is 0. The monoisotopic (exact) mass is 340 g/mol. The molecule has 0 spiro atoms. The van der Waals surface area contributed by atoms with Crippen LogP contribution in [0.15, 0.2) is 0 Å². The minimum absolute atomic E-state index is 0. The van der Waals surface area contributed by atoms with Gasteiger partial charge in [-0.3, -0.25) is 0 Å². The summed E-state index contributed by atoms with van der Waals surface area (Å²) in [6, 6.07) is 0. The summed E-state index contributed by atoms with van der Waals surface area (Å²) in [7, 11) is 0. The molecule has 0 aliphatic heterocycles. The first-order valence-electron chi connectivity index (χ1n) is 0. The summed E-state index contributed by atoms with van der Waals surface area (Å²) >= 11 is 0. The molecule has 10 N–H and O–H groups in total. The zero-order chi connectivity index (χ0) is 0. The Kier molecular flexibility index (Phi) is 4400. The molecule has 0 saturated heterocycles. The Morgan fingerprint density at radius 3 is 0.333 bits per heavy atom. The molecule has 0 aliphatic rings. The minimum Gasteiger partial charge on any atom is 0 e. The van der Waals surface area contributed by atoms with Gasteiger partial charge in [0, 0.05) is 67.1 Å². The van der Waals surface area contributed by atoms with Crippen LogP contribution in [-0.4, -0.2) is 84.0 Å². The second-order valence-electron chi connectivity index (χ2n) is 0. The number of hydrogen-bond donors (Lipinski definition) is 0. The predicted octanol–water partition coefficient (Wildman–Crippen LogP) is -6.08. The molecule has 0 aromatic rings. The number of rotatable bonds is 0. The van der Waals surface area contributed by atoms with Crippen molar-refractivity contribution in [2.75, 3.05) is 0 Å². The van der Waals surface area contributed by atoms with Gasteiger partial charge in [0.15, 0.2) is 0 Å². The zero-order valence-electron chi connectivity index (χ0n) is 3.89. The van der Waals surface area contributed by atoms with E-state index < -0.39 is 0 Å². The van der Waals surface area contributed by atoms with Gasteiger partial charge in [0.25, 0.3) is 0 Å². The molecule has 2 radical (unpaired) electrons. The van der Waals surface area contributed by atoms with Gasteiger partial charge in [0.1, 0.15) is 0 Å². The van der Waals surface area contributed by atoms with Crippen molar-refractivity contribution < 1.29 is 94.5 Å². The van der Waals surface area contributed by atoms with E-state index in [1.807, 2.05) is 0 Å². The summed E-state index contributed by atoms with van der Waals surface area (Å²) < 4.78 is 0. The SMILES string of the molecule is O.O.O.O.O.[LiH].[LiH].[LiH].[Mn].[Mn].[Ni].[Ni]. The molecule has 5 nitrogen and oxygen atoms in total. The van der Waals surface area contributed by atoms with Crippen LogP contribution in [0.25, 0.3) is 0 Å². The zero-order valence-corrected chi connectivity index (χ0v) is 8.22. The van der Waals surface area contributed by atoms with Crippen molar-refractivity contribution in [2.24, 2.45) is 0 Å². The first kappa shape index (κ1) is 255. The fourth-order valence-electron chi connectivity index (χ4n) is 0. The summed E-state index contributed by atoms with van der Waals surface area (Å²) in [5, 5.41) is 0. The van der Waals surface area contributed by atoms with Gasteiger partial charge in [-0.15, -0.1) is 0 Å². The van der Waals surface area contributed by atoms with Gasteiger partial charge in [-0.25, -0.2) is 0 Å². The molecular weight excluding hydrogens is 328 g/mol. The Balaban J connectivity index is 0. The maximum atomic E-state index is 0. The fourth-order valence-corrected chi connectivity index (χ4v) is 0. The molecular formula is H13Li3Mn2Ni2O5. The maximum absolute atomic E-state index is 0. The van der Waals surface area contributed by atoms with E-state index in [9.17, 15) is 0 Å². The standard InChI is InChI=1S/3Li.2Mn.2Ni.5H2O.3H/h;;;;;;;5*1H2;;;. The second-order valence-corrected chi connectivity index (χ2v) is 0. The molecule has 0 atom stereocenters. The second kappa shape index (κ2) is 207. The van der Waals surface area contributed by atoms with Gasteiger partial charge in [-0.1, -0.05) is 0 Å². The van der Waals surface area contributed by atoms with Crippen molar-refractivity contribution in [3.8, 4) is 0 Å². The minimum atomic E-state index is 0. The van der Waals surface area contributed by atoms with E-state index in [0.29, 0.717) is 0 Å². The van der Waals surface area contributed by atoms with Gasteiger partial charge >= 0.3 is 56.6 Å². The average molecular weight is 341 g/mol. The summed E-state index contributed by atoms with van der Waals surface area (Å²) in [6.07, 6.45) is 0. The Hall–Kier alpha value is 3.62. The molecule has 0 saturated carbocycles. The summed E-state index contributed by atoms with van der Waals surface area (Å²) in [6.45, 7) is 0. The van der Waals surface area contributed by atoms with Crippen molar-refractivity contribution in [3.05, 3.63) is 0 Å². The summed E-state index contributed by atoms with van der Waals surface area (Å²) in [4.78, 5) is 0. The van der Waals surface area contributed by atoms with Crippen LogP contribution in [0.4, 0.5) is 0 Å². The van der Waals surface area contributed by atoms with Crippen LogP contribution >= 0.6 is 0 Å². The van der Waals surface area contributed by atoms with Crippen LogP contribution in [-0.2, 0) is 67.1 Å². The largest absolute Gasteiger partial charge is 0 e. The number of hydrogen-bond acceptors (Lipinski definition) is 0. The molecule has 0 rings (SSSR count). The van der Waals surface area contributed by atoms with Crippen molar-refractivity contribution >= 4 is 56.6 Å². The van der Waals surface area contributed by atoms with E-state index in [1.54, 1.807) is 0 Å². The van der Waals surface area contributed by atoms with E-state index in [1.165, 1.54) is 0 Å². The molecule has 0 aromatic carbocycles. The fraction of sp³-hybridized carbons (Fsp3) is 0. The van der Waals surface area contributed by atoms with Crippen LogP contribution in [0.5, 0.6) is 0 Å². The predicted molar refractivity (Wildman–Crippen MR) is 39.5 cm³/mol. The maximum Gasteiger partial charge on any atom is 0 e. The Morgan fingerprint density at radius 2 is 0.333 bits per heavy atom. The van der Waals surface area contributed by atoms with E-state index >= 15 is 0 Å². The molecule has 0 aromatic heterocycles. The van der Waals surface area contributed by atoms with Crippen LogP contribution in [0.1, 0.15) is 0 Å². The van der Waals surface area contributed by atoms with E-state index in [4.69, 9.17) is 0 Å². The molecule has 0 heterocycles. The van der Waals surface area contributed by atoms with Crippen LogP contribution < -0.4 is 0 Å². The Bertz CT molecular complexity index is 22.7.